The second-order valence-corrected chi connectivity index (χ2v) is 5.69. The number of ether oxygens (including phenoxy) is 2. The standard InChI is InChI=1S/C14H27N3O2S/c1-5-15-12(2)13-11-16-14(20-13)17(8-10-19-4)7-6-9-18-3/h11-12,15H,5-10H2,1-4H3. The molecule has 0 spiro atoms. The number of nitrogens with zero attached hydrogens (tertiary/aromatic N) is 2. The Morgan fingerprint density at radius 1 is 1.30 bits per heavy atom. The topological polar surface area (TPSA) is 46.6 Å². The minimum atomic E-state index is 0.356. The zero-order valence-corrected chi connectivity index (χ0v) is 13.8. The molecule has 0 bridgehead atoms. The van der Waals surface area contributed by atoms with Gasteiger partial charge in [0.25, 0.3) is 0 Å². The second-order valence-electron chi connectivity index (χ2n) is 4.65. The van der Waals surface area contributed by atoms with E-state index in [2.05, 4.69) is 29.0 Å². The van der Waals surface area contributed by atoms with Crippen LogP contribution in [0.2, 0.25) is 0 Å². The summed E-state index contributed by atoms with van der Waals surface area (Å²) in [5.74, 6) is 0. The van der Waals surface area contributed by atoms with Gasteiger partial charge < -0.3 is 19.7 Å². The first kappa shape index (κ1) is 17.4. The van der Waals surface area contributed by atoms with Gasteiger partial charge in [0, 0.05) is 51.0 Å². The number of anilines is 1. The molecule has 1 heterocycles. The lowest BCUT2D eigenvalue weighted by Crippen LogP contribution is -2.28. The van der Waals surface area contributed by atoms with Gasteiger partial charge in [-0.3, -0.25) is 0 Å². The lowest BCUT2D eigenvalue weighted by molar-refractivity contribution is 0.191. The van der Waals surface area contributed by atoms with Crippen LogP contribution in [0.5, 0.6) is 0 Å². The van der Waals surface area contributed by atoms with Crippen LogP contribution in [0.4, 0.5) is 5.13 Å². The fourth-order valence-corrected chi connectivity index (χ4v) is 2.93. The van der Waals surface area contributed by atoms with Crippen molar-refractivity contribution < 1.29 is 9.47 Å². The van der Waals surface area contributed by atoms with Crippen molar-refractivity contribution in [3.63, 3.8) is 0 Å². The quantitative estimate of drug-likeness (QED) is 0.636. The van der Waals surface area contributed by atoms with Crippen LogP contribution in [0.3, 0.4) is 0 Å². The zero-order chi connectivity index (χ0) is 14.8. The number of nitrogens with one attached hydrogen (secondary N) is 1. The van der Waals surface area contributed by atoms with Gasteiger partial charge in [-0.25, -0.2) is 4.98 Å². The van der Waals surface area contributed by atoms with Crippen LogP contribution < -0.4 is 10.2 Å². The largest absolute Gasteiger partial charge is 0.385 e. The second kappa shape index (κ2) is 10.1. The Hall–Kier alpha value is -0.690. The molecule has 0 aliphatic rings. The summed E-state index contributed by atoms with van der Waals surface area (Å²) in [6.07, 6.45) is 2.97. The highest BCUT2D eigenvalue weighted by Crippen LogP contribution is 2.27. The van der Waals surface area contributed by atoms with Crippen molar-refractivity contribution in [2.75, 3.05) is 52.0 Å². The summed E-state index contributed by atoms with van der Waals surface area (Å²) in [7, 11) is 3.47. The van der Waals surface area contributed by atoms with E-state index in [1.165, 1.54) is 4.88 Å². The molecular weight excluding hydrogens is 274 g/mol. The summed E-state index contributed by atoms with van der Waals surface area (Å²) < 4.78 is 10.3. The maximum atomic E-state index is 5.18. The number of thiazole rings is 1. The number of hydrogen-bond donors (Lipinski definition) is 1. The highest BCUT2D eigenvalue weighted by atomic mass is 32.1. The Labute approximate surface area is 126 Å². The minimum Gasteiger partial charge on any atom is -0.385 e. The van der Waals surface area contributed by atoms with Crippen molar-refractivity contribution in [2.24, 2.45) is 0 Å². The molecule has 1 N–H and O–H groups in total. The van der Waals surface area contributed by atoms with Crippen LogP contribution in [0, 0.1) is 0 Å². The Morgan fingerprint density at radius 2 is 2.05 bits per heavy atom. The molecule has 0 saturated carbocycles. The van der Waals surface area contributed by atoms with Crippen molar-refractivity contribution in [1.29, 1.82) is 0 Å². The summed E-state index contributed by atoms with van der Waals surface area (Å²) in [6, 6.07) is 0.356. The third-order valence-corrected chi connectivity index (χ3v) is 4.30. The zero-order valence-electron chi connectivity index (χ0n) is 13.0. The number of hydrogen-bond acceptors (Lipinski definition) is 6. The van der Waals surface area contributed by atoms with Crippen LogP contribution >= 0.6 is 11.3 Å². The lowest BCUT2D eigenvalue weighted by atomic mass is 10.3. The highest BCUT2D eigenvalue weighted by Gasteiger charge is 2.13. The number of aromatic nitrogens is 1. The van der Waals surface area contributed by atoms with Crippen LogP contribution in [0.1, 0.15) is 31.2 Å². The predicted molar refractivity (Wildman–Crippen MR) is 84.8 cm³/mol. The van der Waals surface area contributed by atoms with Crippen molar-refractivity contribution in [1.82, 2.24) is 10.3 Å². The van der Waals surface area contributed by atoms with E-state index in [-0.39, 0.29) is 0 Å². The molecule has 0 radical (unpaired) electrons. The maximum absolute atomic E-state index is 5.18. The Kier molecular flexibility index (Phi) is 8.77. The average molecular weight is 301 g/mol. The van der Waals surface area contributed by atoms with Gasteiger partial charge in [0.05, 0.1) is 6.61 Å². The van der Waals surface area contributed by atoms with Gasteiger partial charge >= 0.3 is 0 Å². The molecule has 1 rings (SSSR count). The van der Waals surface area contributed by atoms with E-state index in [1.54, 1.807) is 25.6 Å². The number of rotatable bonds is 11. The molecule has 1 unspecified atom stereocenters. The van der Waals surface area contributed by atoms with Gasteiger partial charge in [-0.2, -0.15) is 0 Å². The third kappa shape index (κ3) is 5.75. The fraction of sp³-hybridized carbons (Fsp3) is 0.786. The molecule has 0 aliphatic carbocycles. The van der Waals surface area contributed by atoms with Gasteiger partial charge in [0.1, 0.15) is 0 Å². The van der Waals surface area contributed by atoms with E-state index in [0.29, 0.717) is 12.6 Å². The van der Waals surface area contributed by atoms with Crippen LogP contribution in [-0.2, 0) is 9.47 Å². The minimum absolute atomic E-state index is 0.356. The average Bonchev–Trinajstić information content (AvgIpc) is 2.92. The summed E-state index contributed by atoms with van der Waals surface area (Å²) in [5, 5.41) is 4.48. The van der Waals surface area contributed by atoms with Gasteiger partial charge in [-0.05, 0) is 19.9 Å². The van der Waals surface area contributed by atoms with Crippen molar-refractivity contribution in [3.8, 4) is 0 Å². The lowest BCUT2D eigenvalue weighted by Gasteiger charge is -2.21. The molecule has 5 nitrogen and oxygen atoms in total. The van der Waals surface area contributed by atoms with Crippen LogP contribution in [0.25, 0.3) is 0 Å². The first-order valence-electron chi connectivity index (χ1n) is 7.14. The van der Waals surface area contributed by atoms with Gasteiger partial charge in [0.2, 0.25) is 0 Å². The Bertz CT molecular complexity index is 360. The van der Waals surface area contributed by atoms with Gasteiger partial charge in [-0.1, -0.05) is 6.92 Å². The summed E-state index contributed by atoms with van der Waals surface area (Å²) in [6.45, 7) is 8.55. The molecule has 0 amide bonds. The molecule has 1 atom stereocenters. The highest BCUT2D eigenvalue weighted by molar-refractivity contribution is 7.15. The molecule has 20 heavy (non-hydrogen) atoms. The smallest absolute Gasteiger partial charge is 0.185 e. The van der Waals surface area contributed by atoms with E-state index in [9.17, 15) is 0 Å². The molecule has 0 saturated heterocycles. The van der Waals surface area contributed by atoms with E-state index in [0.717, 1.165) is 37.8 Å². The monoisotopic (exact) mass is 301 g/mol. The summed E-state index contributed by atoms with van der Waals surface area (Å²) in [5.41, 5.74) is 0. The molecule has 1 aromatic heterocycles. The summed E-state index contributed by atoms with van der Waals surface area (Å²) in [4.78, 5) is 8.11. The predicted octanol–water partition coefficient (Wildman–Crippen LogP) is 2.30. The van der Waals surface area contributed by atoms with E-state index >= 15 is 0 Å². The van der Waals surface area contributed by atoms with Crippen molar-refractivity contribution >= 4 is 16.5 Å². The van der Waals surface area contributed by atoms with Crippen molar-refractivity contribution in [3.05, 3.63) is 11.1 Å². The van der Waals surface area contributed by atoms with Gasteiger partial charge in [-0.15, -0.1) is 11.3 Å². The molecular formula is C14H27N3O2S. The fourth-order valence-electron chi connectivity index (χ4n) is 1.93. The van der Waals surface area contributed by atoms with Crippen LogP contribution in [0.15, 0.2) is 6.20 Å². The Morgan fingerprint density at radius 3 is 2.70 bits per heavy atom. The first-order valence-corrected chi connectivity index (χ1v) is 7.96. The summed E-state index contributed by atoms with van der Waals surface area (Å²) >= 11 is 1.75. The molecule has 0 aromatic carbocycles. The third-order valence-electron chi connectivity index (χ3n) is 3.06. The molecule has 0 fully saturated rings. The number of methoxy groups -OCH3 is 2. The van der Waals surface area contributed by atoms with E-state index in [1.807, 2.05) is 6.20 Å². The normalized spacial score (nSPS) is 12.6. The van der Waals surface area contributed by atoms with Crippen molar-refractivity contribution in [2.45, 2.75) is 26.3 Å². The molecule has 116 valence electrons. The van der Waals surface area contributed by atoms with Crippen LogP contribution in [-0.4, -0.2) is 52.1 Å². The molecule has 6 heteroatoms. The molecule has 1 aromatic rings. The van der Waals surface area contributed by atoms with Gasteiger partial charge in [0.15, 0.2) is 5.13 Å². The maximum Gasteiger partial charge on any atom is 0.185 e. The van der Waals surface area contributed by atoms with E-state index in [4.69, 9.17) is 9.47 Å². The first-order chi connectivity index (χ1) is 9.72. The molecule has 0 aliphatic heterocycles. The Balaban J connectivity index is 2.64. The van der Waals surface area contributed by atoms with E-state index < -0.39 is 0 Å². The SMILES string of the molecule is CCNC(C)c1cnc(N(CCCOC)CCOC)s1.